The molecule has 6 nitrogen and oxygen atoms in total. The van der Waals surface area contributed by atoms with Gasteiger partial charge in [0.05, 0.1) is 5.56 Å². The van der Waals surface area contributed by atoms with Gasteiger partial charge in [0, 0.05) is 11.2 Å². The van der Waals surface area contributed by atoms with Gasteiger partial charge in [-0.1, -0.05) is 0 Å². The molecule has 0 fully saturated rings. The van der Waals surface area contributed by atoms with Crippen molar-refractivity contribution in [3.05, 3.63) is 29.6 Å². The number of aromatic nitrogens is 1. The fourth-order valence-corrected chi connectivity index (χ4v) is 0.896. The van der Waals surface area contributed by atoms with Crippen molar-refractivity contribution in [1.82, 2.24) is 4.98 Å². The summed E-state index contributed by atoms with van der Waals surface area (Å²) in [7, 11) is 0. The molecule has 1 aromatic rings. The Bertz CT molecular complexity index is 340. The summed E-state index contributed by atoms with van der Waals surface area (Å²) in [5, 5.41) is 3.86. The third-order valence-corrected chi connectivity index (χ3v) is 1.44. The lowest BCUT2D eigenvalue weighted by molar-refractivity contribution is -0.444. The van der Waals surface area contributed by atoms with Crippen molar-refractivity contribution in [2.45, 2.75) is 0 Å². The van der Waals surface area contributed by atoms with Crippen LogP contribution in [0.25, 0.3) is 0 Å². The quantitative estimate of drug-likeness (QED) is 0.534. The van der Waals surface area contributed by atoms with Crippen molar-refractivity contribution in [2.24, 2.45) is 0 Å². The van der Waals surface area contributed by atoms with E-state index in [-0.39, 0.29) is 11.3 Å². The van der Waals surface area contributed by atoms with Crippen LogP contribution >= 0.6 is 0 Å². The Morgan fingerprint density at radius 3 is 2.77 bits per heavy atom. The fourth-order valence-electron chi connectivity index (χ4n) is 0.896. The second kappa shape index (κ2) is 2.83. The molecule has 0 aromatic carbocycles. The van der Waals surface area contributed by atoms with Crippen LogP contribution in [0.4, 0.5) is 0 Å². The number of pyridine rings is 1. The van der Waals surface area contributed by atoms with Gasteiger partial charge in [0.15, 0.2) is 5.69 Å². The maximum absolute atomic E-state index is 11.0. The summed E-state index contributed by atoms with van der Waals surface area (Å²) in [5.41, 5.74) is -0.102. The van der Waals surface area contributed by atoms with E-state index in [0.29, 0.717) is 0 Å². The van der Waals surface area contributed by atoms with Gasteiger partial charge in [-0.25, -0.2) is 14.6 Å². The third kappa shape index (κ3) is 1.23. The molecule has 6 heteroatoms. The molecule has 0 amide bonds. The van der Waals surface area contributed by atoms with E-state index < -0.39 is 11.9 Å². The molecule has 0 unspecified atom stereocenters. The van der Waals surface area contributed by atoms with Crippen molar-refractivity contribution >= 4 is 11.9 Å². The summed E-state index contributed by atoms with van der Waals surface area (Å²) in [6.45, 7) is 0. The second-order valence-electron chi connectivity index (χ2n) is 2.21. The molecule has 1 aliphatic heterocycles. The topological polar surface area (TPSA) is 74.7 Å². The zero-order chi connectivity index (χ0) is 9.26. The molecular weight excluding hydrogens is 178 g/mol. The number of carbonyl (C=O) groups excluding carboxylic acids is 2. The lowest BCUT2D eigenvalue weighted by Gasteiger charge is -1.94. The molecule has 0 aliphatic carbocycles. The first-order valence-electron chi connectivity index (χ1n) is 3.34. The van der Waals surface area contributed by atoms with E-state index in [9.17, 15) is 9.59 Å². The van der Waals surface area contributed by atoms with Crippen molar-refractivity contribution in [3.8, 4) is 0 Å². The van der Waals surface area contributed by atoms with Gasteiger partial charge in [-0.15, -0.1) is 0 Å². The number of nitrogens with zero attached hydrogens (tertiary/aromatic N) is 1. The standard InChI is InChI=1S/C7H3NO5/c9-6-4-2-1-3-8-5(4)7(10)12-13-11-6/h1-3H. The molecule has 13 heavy (non-hydrogen) atoms. The van der Waals surface area contributed by atoms with E-state index in [1.54, 1.807) is 0 Å². The first-order chi connectivity index (χ1) is 6.29. The molecule has 66 valence electrons. The van der Waals surface area contributed by atoms with E-state index in [1.807, 2.05) is 0 Å². The minimum Gasteiger partial charge on any atom is -0.254 e. The van der Waals surface area contributed by atoms with Crippen LogP contribution in [0.1, 0.15) is 20.8 Å². The van der Waals surface area contributed by atoms with E-state index >= 15 is 0 Å². The molecule has 0 saturated heterocycles. The van der Waals surface area contributed by atoms with Crippen molar-refractivity contribution in [1.29, 1.82) is 0 Å². The molecule has 0 radical (unpaired) electrons. The molecule has 0 spiro atoms. The van der Waals surface area contributed by atoms with Crippen LogP contribution < -0.4 is 0 Å². The summed E-state index contributed by atoms with van der Waals surface area (Å²) >= 11 is 0. The molecule has 0 N–H and O–H groups in total. The molecular formula is C7H3NO5. The summed E-state index contributed by atoms with van der Waals surface area (Å²) in [4.78, 5) is 33.8. The van der Waals surface area contributed by atoms with Gasteiger partial charge in [-0.05, 0) is 12.1 Å². The van der Waals surface area contributed by atoms with E-state index in [0.717, 1.165) is 0 Å². The summed E-state index contributed by atoms with van der Waals surface area (Å²) in [5.74, 6) is -1.67. The van der Waals surface area contributed by atoms with E-state index in [4.69, 9.17) is 0 Å². The van der Waals surface area contributed by atoms with E-state index in [1.165, 1.54) is 18.3 Å². The zero-order valence-electron chi connectivity index (χ0n) is 6.22. The highest BCUT2D eigenvalue weighted by molar-refractivity contribution is 6.01. The third-order valence-electron chi connectivity index (χ3n) is 1.44. The monoisotopic (exact) mass is 181 g/mol. The zero-order valence-corrected chi connectivity index (χ0v) is 6.22. The predicted molar refractivity (Wildman–Crippen MR) is 36.2 cm³/mol. The molecule has 0 bridgehead atoms. The number of rotatable bonds is 0. The average Bonchev–Trinajstić information content (AvgIpc) is 2.29. The lowest BCUT2D eigenvalue weighted by atomic mass is 10.2. The number of carbonyl (C=O) groups is 2. The maximum atomic E-state index is 11.0. The Morgan fingerprint density at radius 2 is 1.92 bits per heavy atom. The van der Waals surface area contributed by atoms with Gasteiger partial charge in [0.1, 0.15) is 0 Å². The van der Waals surface area contributed by atoms with Gasteiger partial charge in [0.25, 0.3) is 0 Å². The smallest absolute Gasteiger partial charge is 0.254 e. The Kier molecular flexibility index (Phi) is 1.67. The molecule has 1 aromatic heterocycles. The van der Waals surface area contributed by atoms with Crippen LogP contribution in [0.15, 0.2) is 18.3 Å². The maximum Gasteiger partial charge on any atom is 0.396 e. The van der Waals surface area contributed by atoms with Gasteiger partial charge < -0.3 is 0 Å². The van der Waals surface area contributed by atoms with Gasteiger partial charge in [0.2, 0.25) is 0 Å². The second-order valence-corrected chi connectivity index (χ2v) is 2.21. The SMILES string of the molecule is O=C1OOOC(=O)c2ncccc21. The van der Waals surface area contributed by atoms with Crippen molar-refractivity contribution in [2.75, 3.05) is 0 Å². The fraction of sp³-hybridized carbons (Fsp3) is 0. The van der Waals surface area contributed by atoms with Gasteiger partial charge >= 0.3 is 11.9 Å². The Labute approximate surface area is 71.9 Å². The van der Waals surface area contributed by atoms with Crippen LogP contribution in [0, 0.1) is 0 Å². The molecule has 2 rings (SSSR count). The Balaban J connectivity index is 2.57. The Morgan fingerprint density at radius 1 is 1.15 bits per heavy atom. The number of hydrogen-bond acceptors (Lipinski definition) is 6. The normalized spacial score (nSPS) is 15.4. The highest BCUT2D eigenvalue weighted by atomic mass is 17.5. The van der Waals surface area contributed by atoms with Crippen LogP contribution in [-0.2, 0) is 14.8 Å². The highest BCUT2D eigenvalue weighted by Crippen LogP contribution is 2.12. The van der Waals surface area contributed by atoms with Gasteiger partial charge in [-0.3, -0.25) is 9.78 Å². The first-order valence-corrected chi connectivity index (χ1v) is 3.34. The minimum absolute atomic E-state index is 0.0185. The average molecular weight is 181 g/mol. The van der Waals surface area contributed by atoms with Crippen molar-refractivity contribution < 1.29 is 24.4 Å². The summed E-state index contributed by atoms with van der Waals surface area (Å²) in [6, 6.07) is 2.89. The first kappa shape index (κ1) is 7.69. The van der Waals surface area contributed by atoms with Crippen LogP contribution in [0.3, 0.4) is 0 Å². The predicted octanol–water partition coefficient (Wildman–Crippen LogP) is 0.255. The van der Waals surface area contributed by atoms with Gasteiger partial charge in [-0.2, -0.15) is 0 Å². The molecule has 2 heterocycles. The van der Waals surface area contributed by atoms with Crippen LogP contribution in [0.2, 0.25) is 0 Å². The van der Waals surface area contributed by atoms with E-state index in [2.05, 4.69) is 19.8 Å². The van der Waals surface area contributed by atoms with Crippen LogP contribution in [0.5, 0.6) is 0 Å². The van der Waals surface area contributed by atoms with Crippen molar-refractivity contribution in [3.63, 3.8) is 0 Å². The largest absolute Gasteiger partial charge is 0.396 e. The molecule has 0 saturated carbocycles. The number of hydrogen-bond donors (Lipinski definition) is 0. The molecule has 1 aliphatic rings. The minimum atomic E-state index is -0.860. The Hall–Kier alpha value is -1.95. The number of fused-ring (bicyclic) bond motifs is 1. The highest BCUT2D eigenvalue weighted by Gasteiger charge is 2.26. The lowest BCUT2D eigenvalue weighted by Crippen LogP contribution is -2.07. The molecule has 0 atom stereocenters. The van der Waals surface area contributed by atoms with Crippen LogP contribution in [-0.4, -0.2) is 16.9 Å². The summed E-state index contributed by atoms with van der Waals surface area (Å²) in [6.07, 6.45) is 1.36. The summed E-state index contributed by atoms with van der Waals surface area (Å²) < 4.78 is 0.